The summed E-state index contributed by atoms with van der Waals surface area (Å²) in [7, 11) is 0. The van der Waals surface area contributed by atoms with Gasteiger partial charge in [-0.15, -0.1) is 0 Å². The van der Waals surface area contributed by atoms with Gasteiger partial charge in [0.05, 0.1) is 17.3 Å². The number of aromatic nitrogens is 1. The van der Waals surface area contributed by atoms with Crippen LogP contribution in [-0.4, -0.2) is 65.0 Å². The first-order valence-corrected chi connectivity index (χ1v) is 17.7. The van der Waals surface area contributed by atoms with Crippen molar-refractivity contribution in [2.75, 3.05) is 38.0 Å². The van der Waals surface area contributed by atoms with Crippen molar-refractivity contribution < 1.29 is 28.5 Å². The summed E-state index contributed by atoms with van der Waals surface area (Å²) in [6, 6.07) is 14.6. The second kappa shape index (κ2) is 18.3. The number of ether oxygens (including phenoxy) is 1. The smallest absolute Gasteiger partial charge is 0.412 e. The van der Waals surface area contributed by atoms with Gasteiger partial charge in [-0.05, 0) is 80.2 Å². The number of phenols is 1. The molecular weight excluding hydrogens is 666 g/mol. The number of phenolic OH excluding ortho intramolecular Hbond substituents is 1. The number of halogens is 3. The Morgan fingerprint density at radius 1 is 0.980 bits per heavy atom. The zero-order valence-corrected chi connectivity index (χ0v) is 28.8. The number of amides is 1. The lowest BCUT2D eigenvalue weighted by Crippen LogP contribution is -2.39. The average molecular weight is 711 g/mol. The van der Waals surface area contributed by atoms with Crippen LogP contribution in [0, 0.1) is 11.6 Å². The highest BCUT2D eigenvalue weighted by molar-refractivity contribution is 6.30. The quantitative estimate of drug-likeness (QED) is 0.0749. The zero-order chi connectivity index (χ0) is 35.5. The summed E-state index contributed by atoms with van der Waals surface area (Å²) in [5.74, 6) is -1.67. The SMILES string of the molecule is O=C(Nc1c(F)cc(F)cc1-c1cccc(Cl)c1)OC1CCN(CCCCCCCCCNCC(O)c2ccc(O)c3[nH]c(=O)ccc23)CC1. The Hall–Kier alpha value is -4.03. The van der Waals surface area contributed by atoms with Gasteiger partial charge in [0.2, 0.25) is 5.56 Å². The molecule has 1 fully saturated rings. The predicted octanol–water partition coefficient (Wildman–Crippen LogP) is 7.90. The minimum atomic E-state index is -0.890. The molecule has 0 aliphatic carbocycles. The molecule has 4 aromatic rings. The summed E-state index contributed by atoms with van der Waals surface area (Å²) in [5.41, 5.74) is 1.20. The summed E-state index contributed by atoms with van der Waals surface area (Å²) in [6.45, 7) is 3.83. The van der Waals surface area contributed by atoms with E-state index in [1.165, 1.54) is 25.0 Å². The highest BCUT2D eigenvalue weighted by Crippen LogP contribution is 2.33. The first-order valence-electron chi connectivity index (χ1n) is 17.4. The number of aliphatic hydroxyl groups is 1. The number of piperidine rings is 1. The van der Waals surface area contributed by atoms with E-state index in [-0.39, 0.29) is 28.7 Å². The van der Waals surface area contributed by atoms with Crippen molar-refractivity contribution in [3.8, 4) is 16.9 Å². The van der Waals surface area contributed by atoms with Gasteiger partial charge in [0.15, 0.2) is 0 Å². The van der Waals surface area contributed by atoms with E-state index in [9.17, 15) is 28.6 Å². The van der Waals surface area contributed by atoms with E-state index in [4.69, 9.17) is 16.3 Å². The summed E-state index contributed by atoms with van der Waals surface area (Å²) in [6.07, 6.45) is 7.51. The molecule has 0 radical (unpaired) electrons. The number of carbonyl (C=O) groups excluding carboxylic acids is 1. The van der Waals surface area contributed by atoms with Gasteiger partial charge in [-0.2, -0.15) is 0 Å². The molecule has 1 amide bonds. The molecule has 1 aliphatic rings. The standard InChI is InChI=1S/C38H45ClF2N4O5/c39-26-10-8-9-25(21-26)31-22-27(40)23-32(41)36(31)44-38(49)50-28-15-19-45(20-16-28)18-7-5-3-1-2-4-6-17-42-24-34(47)29-11-13-33(46)37-30(29)12-14-35(48)43-37/h8-14,21-23,28,34,42,46-47H,1-7,15-20,24H2,(H,43,48)(H,44,49). The number of benzene rings is 3. The minimum absolute atomic E-state index is 0.0217. The maximum absolute atomic E-state index is 14.7. The molecule has 0 spiro atoms. The van der Waals surface area contributed by atoms with Gasteiger partial charge in [-0.25, -0.2) is 13.6 Å². The van der Waals surface area contributed by atoms with Crippen LogP contribution in [0.5, 0.6) is 5.75 Å². The molecule has 268 valence electrons. The number of aromatic hydroxyl groups is 1. The van der Waals surface area contributed by atoms with E-state index >= 15 is 0 Å². The van der Waals surface area contributed by atoms with Gasteiger partial charge in [0.25, 0.3) is 0 Å². The molecule has 1 aliphatic heterocycles. The number of unbranched alkanes of at least 4 members (excludes halogenated alkanes) is 6. The van der Waals surface area contributed by atoms with Gasteiger partial charge in [-0.1, -0.05) is 61.9 Å². The van der Waals surface area contributed by atoms with Crippen LogP contribution in [0.4, 0.5) is 19.3 Å². The fourth-order valence-corrected chi connectivity index (χ4v) is 6.68. The van der Waals surface area contributed by atoms with Crippen molar-refractivity contribution in [2.24, 2.45) is 0 Å². The van der Waals surface area contributed by atoms with Gasteiger partial charge in [-0.3, -0.25) is 10.1 Å². The molecule has 1 saturated heterocycles. The minimum Gasteiger partial charge on any atom is -0.506 e. The number of fused-ring (bicyclic) bond motifs is 1. The number of rotatable bonds is 16. The van der Waals surface area contributed by atoms with Crippen molar-refractivity contribution >= 4 is 34.3 Å². The van der Waals surface area contributed by atoms with Crippen LogP contribution in [0.3, 0.4) is 0 Å². The third-order valence-electron chi connectivity index (χ3n) is 9.16. The topological polar surface area (TPSA) is 127 Å². The third-order valence-corrected chi connectivity index (χ3v) is 9.39. The van der Waals surface area contributed by atoms with E-state index in [2.05, 4.69) is 20.5 Å². The van der Waals surface area contributed by atoms with Crippen molar-refractivity contribution in [1.29, 1.82) is 0 Å². The second-order valence-electron chi connectivity index (χ2n) is 12.9. The van der Waals surface area contributed by atoms with Gasteiger partial charge >= 0.3 is 6.09 Å². The fourth-order valence-electron chi connectivity index (χ4n) is 6.49. The van der Waals surface area contributed by atoms with Gasteiger partial charge in [0, 0.05) is 47.7 Å². The molecule has 0 bridgehead atoms. The Morgan fingerprint density at radius 2 is 1.72 bits per heavy atom. The van der Waals surface area contributed by atoms with Crippen LogP contribution >= 0.6 is 11.6 Å². The Morgan fingerprint density at radius 3 is 2.48 bits per heavy atom. The van der Waals surface area contributed by atoms with Crippen molar-refractivity contribution in [2.45, 2.75) is 70.0 Å². The van der Waals surface area contributed by atoms with E-state index in [0.29, 0.717) is 46.4 Å². The molecule has 0 saturated carbocycles. The lowest BCUT2D eigenvalue weighted by Gasteiger charge is -2.31. The van der Waals surface area contributed by atoms with Crippen molar-refractivity contribution in [3.63, 3.8) is 0 Å². The zero-order valence-electron chi connectivity index (χ0n) is 28.0. The molecule has 50 heavy (non-hydrogen) atoms. The molecule has 9 nitrogen and oxygen atoms in total. The number of aromatic amines is 1. The monoisotopic (exact) mass is 710 g/mol. The average Bonchev–Trinajstić information content (AvgIpc) is 3.09. The number of H-pyrrole nitrogens is 1. The predicted molar refractivity (Wildman–Crippen MR) is 193 cm³/mol. The second-order valence-corrected chi connectivity index (χ2v) is 13.3. The largest absolute Gasteiger partial charge is 0.506 e. The van der Waals surface area contributed by atoms with E-state index in [0.717, 1.165) is 70.4 Å². The van der Waals surface area contributed by atoms with Crippen LogP contribution in [0.25, 0.3) is 22.0 Å². The highest BCUT2D eigenvalue weighted by Gasteiger charge is 2.24. The van der Waals surface area contributed by atoms with Crippen LogP contribution < -0.4 is 16.2 Å². The Bertz CT molecular complexity index is 1800. The number of nitrogens with one attached hydrogen (secondary N) is 3. The van der Waals surface area contributed by atoms with Crippen molar-refractivity contribution in [3.05, 3.63) is 93.2 Å². The van der Waals surface area contributed by atoms with Crippen LogP contribution in [0.15, 0.2) is 65.5 Å². The van der Waals surface area contributed by atoms with Crippen molar-refractivity contribution in [1.82, 2.24) is 15.2 Å². The molecular formula is C38H45ClF2N4O5. The Kier molecular flexibility index (Phi) is 13.6. The number of anilines is 1. The molecule has 1 aromatic heterocycles. The van der Waals surface area contributed by atoms with E-state index < -0.39 is 23.8 Å². The Labute approximate surface area is 295 Å². The maximum Gasteiger partial charge on any atom is 0.412 e. The van der Waals surface area contributed by atoms with Gasteiger partial charge in [0.1, 0.15) is 23.5 Å². The van der Waals surface area contributed by atoms with Gasteiger partial charge < -0.3 is 30.2 Å². The summed E-state index contributed by atoms with van der Waals surface area (Å²) in [4.78, 5) is 29.3. The molecule has 12 heteroatoms. The number of carbonyl (C=O) groups is 1. The lowest BCUT2D eigenvalue weighted by atomic mass is 10.0. The Balaban J connectivity index is 0.904. The summed E-state index contributed by atoms with van der Waals surface area (Å²) in [5, 5.41) is 27.5. The van der Waals surface area contributed by atoms with Crippen LogP contribution in [-0.2, 0) is 4.74 Å². The molecule has 1 unspecified atom stereocenters. The van der Waals surface area contributed by atoms with Crippen LogP contribution in [0.2, 0.25) is 5.02 Å². The molecule has 2 heterocycles. The highest BCUT2D eigenvalue weighted by atomic mass is 35.5. The normalized spacial score (nSPS) is 14.6. The molecule has 5 N–H and O–H groups in total. The summed E-state index contributed by atoms with van der Waals surface area (Å²) >= 11 is 6.07. The lowest BCUT2D eigenvalue weighted by molar-refractivity contribution is 0.0584. The maximum atomic E-state index is 14.7. The van der Waals surface area contributed by atoms with E-state index in [1.54, 1.807) is 36.4 Å². The molecule has 1 atom stereocenters. The number of nitrogens with zero attached hydrogens (tertiary/aromatic N) is 1. The number of hydrogen-bond acceptors (Lipinski definition) is 7. The van der Waals surface area contributed by atoms with Crippen LogP contribution in [0.1, 0.15) is 69.5 Å². The molecule has 5 rings (SSSR count). The number of likely N-dealkylation sites (tertiary alicyclic amines) is 1. The third kappa shape index (κ3) is 10.5. The first kappa shape index (κ1) is 37.2. The molecule has 3 aromatic carbocycles. The fraction of sp³-hybridized carbons (Fsp3) is 0.421. The van der Waals surface area contributed by atoms with E-state index in [1.807, 2.05) is 0 Å². The number of aliphatic hydroxyl groups excluding tert-OH is 1. The number of hydrogen-bond donors (Lipinski definition) is 5. The number of pyridine rings is 1. The first-order chi connectivity index (χ1) is 24.2. The summed E-state index contributed by atoms with van der Waals surface area (Å²) < 4.78 is 34.4.